The molecule has 0 aliphatic carbocycles. The van der Waals surface area contributed by atoms with Gasteiger partial charge in [0.1, 0.15) is 0 Å². The van der Waals surface area contributed by atoms with Crippen molar-refractivity contribution in [2.24, 2.45) is 10.7 Å². The number of benzene rings is 1. The maximum atomic E-state index is 11.0. The minimum atomic E-state index is 0.0540. The third kappa shape index (κ3) is 2.88. The Bertz CT molecular complexity index is 357. The van der Waals surface area contributed by atoms with Gasteiger partial charge in [0.25, 0.3) is 0 Å². The Hall–Kier alpha value is -1.29. The molecule has 3 nitrogen and oxygen atoms in total. The lowest BCUT2D eigenvalue weighted by molar-refractivity contribution is 0.101. The van der Waals surface area contributed by atoms with Crippen molar-refractivity contribution < 1.29 is 4.79 Å². The number of carbonyl (C=O) groups is 1. The molecule has 0 atom stereocenters. The van der Waals surface area contributed by atoms with E-state index < -0.39 is 0 Å². The summed E-state index contributed by atoms with van der Waals surface area (Å²) in [6, 6.07) is 7.04. The van der Waals surface area contributed by atoms with Gasteiger partial charge in [-0.2, -0.15) is 0 Å². The van der Waals surface area contributed by atoms with Crippen LogP contribution in [-0.2, 0) is 0 Å². The third-order valence-corrected chi connectivity index (χ3v) is 2.23. The Balaban J connectivity index is 2.89. The topological polar surface area (TPSA) is 55.4 Å². The Kier molecular flexibility index (Phi) is 3.71. The van der Waals surface area contributed by atoms with Gasteiger partial charge in [0.15, 0.2) is 11.0 Å². The molecule has 0 heterocycles. The zero-order chi connectivity index (χ0) is 10.6. The van der Waals surface area contributed by atoms with E-state index in [0.29, 0.717) is 10.7 Å². The molecule has 0 unspecified atom stereocenters. The number of hydrogen-bond donors (Lipinski definition) is 1. The van der Waals surface area contributed by atoms with Crippen LogP contribution < -0.4 is 5.73 Å². The molecule has 4 heteroatoms. The van der Waals surface area contributed by atoms with Gasteiger partial charge in [-0.3, -0.25) is 4.79 Å². The number of nitrogens with two attached hydrogens (primary N) is 1. The highest BCUT2D eigenvalue weighted by Gasteiger charge is 1.98. The van der Waals surface area contributed by atoms with Crippen LogP contribution in [0.3, 0.4) is 0 Å². The molecule has 0 aliphatic heterocycles. The highest BCUT2D eigenvalue weighted by molar-refractivity contribution is 8.13. The lowest BCUT2D eigenvalue weighted by atomic mass is 10.1. The molecule has 74 valence electrons. The van der Waals surface area contributed by atoms with Crippen LogP contribution in [0.4, 0.5) is 5.69 Å². The van der Waals surface area contributed by atoms with Crippen LogP contribution in [0.2, 0.25) is 0 Å². The standard InChI is InChI=1S/C10H12N2OS/c1-7(13)8-3-5-9(6-4-8)12-10(11)14-2/h3-6H,1-2H3,(H2,11,12). The number of ketones is 1. The Morgan fingerprint density at radius 1 is 1.36 bits per heavy atom. The number of Topliss-reactive ketones (excluding diaryl/α,β-unsaturated/α-hetero) is 1. The molecule has 0 spiro atoms. The van der Waals surface area contributed by atoms with E-state index in [1.54, 1.807) is 24.3 Å². The van der Waals surface area contributed by atoms with Gasteiger partial charge in [-0.15, -0.1) is 0 Å². The van der Waals surface area contributed by atoms with E-state index in [1.165, 1.54) is 18.7 Å². The monoisotopic (exact) mass is 208 g/mol. The summed E-state index contributed by atoms with van der Waals surface area (Å²) in [5.41, 5.74) is 7.00. The summed E-state index contributed by atoms with van der Waals surface area (Å²) in [5, 5.41) is 0.514. The second-order valence-electron chi connectivity index (χ2n) is 2.76. The van der Waals surface area contributed by atoms with Gasteiger partial charge in [-0.25, -0.2) is 4.99 Å². The van der Waals surface area contributed by atoms with Crippen molar-refractivity contribution in [1.29, 1.82) is 0 Å². The van der Waals surface area contributed by atoms with Gasteiger partial charge in [0, 0.05) is 5.56 Å². The van der Waals surface area contributed by atoms with Crippen molar-refractivity contribution in [2.75, 3.05) is 6.26 Å². The summed E-state index contributed by atoms with van der Waals surface area (Å²) >= 11 is 1.39. The van der Waals surface area contributed by atoms with Gasteiger partial charge >= 0.3 is 0 Å². The van der Waals surface area contributed by atoms with Crippen molar-refractivity contribution in [3.05, 3.63) is 29.8 Å². The van der Waals surface area contributed by atoms with E-state index in [-0.39, 0.29) is 5.78 Å². The zero-order valence-corrected chi connectivity index (χ0v) is 8.97. The fraction of sp³-hybridized carbons (Fsp3) is 0.200. The average Bonchev–Trinajstić information content (AvgIpc) is 2.18. The lowest BCUT2D eigenvalue weighted by Gasteiger charge is -1.98. The fourth-order valence-corrected chi connectivity index (χ4v) is 1.14. The molecular weight excluding hydrogens is 196 g/mol. The summed E-state index contributed by atoms with van der Waals surface area (Å²) in [6.07, 6.45) is 1.86. The second-order valence-corrected chi connectivity index (χ2v) is 3.58. The van der Waals surface area contributed by atoms with E-state index in [4.69, 9.17) is 5.73 Å². The second kappa shape index (κ2) is 4.81. The molecule has 0 fully saturated rings. The Morgan fingerprint density at radius 3 is 2.36 bits per heavy atom. The van der Waals surface area contributed by atoms with E-state index in [0.717, 1.165) is 5.69 Å². The van der Waals surface area contributed by atoms with Crippen LogP contribution in [0.5, 0.6) is 0 Å². The first-order chi connectivity index (χ1) is 6.63. The van der Waals surface area contributed by atoms with Gasteiger partial charge in [-0.1, -0.05) is 11.8 Å². The van der Waals surface area contributed by atoms with Gasteiger partial charge in [0.2, 0.25) is 0 Å². The largest absolute Gasteiger partial charge is 0.378 e. The quantitative estimate of drug-likeness (QED) is 0.460. The molecule has 0 radical (unpaired) electrons. The highest BCUT2D eigenvalue weighted by Crippen LogP contribution is 2.14. The van der Waals surface area contributed by atoms with Crippen molar-refractivity contribution in [2.45, 2.75) is 6.92 Å². The molecule has 0 saturated heterocycles. The van der Waals surface area contributed by atoms with Crippen molar-refractivity contribution in [3.63, 3.8) is 0 Å². The highest BCUT2D eigenvalue weighted by atomic mass is 32.2. The Morgan fingerprint density at radius 2 is 1.93 bits per heavy atom. The maximum Gasteiger partial charge on any atom is 0.159 e. The van der Waals surface area contributed by atoms with Crippen LogP contribution in [0.15, 0.2) is 29.3 Å². The molecule has 2 N–H and O–H groups in total. The van der Waals surface area contributed by atoms with Gasteiger partial charge in [-0.05, 0) is 37.4 Å². The van der Waals surface area contributed by atoms with Crippen LogP contribution >= 0.6 is 11.8 Å². The molecule has 0 aromatic heterocycles. The predicted molar refractivity (Wildman–Crippen MR) is 61.2 cm³/mol. The summed E-state index contributed by atoms with van der Waals surface area (Å²) in [6.45, 7) is 1.54. The number of rotatable bonds is 2. The molecule has 0 saturated carbocycles. The number of aliphatic imine (C=N–C) groups is 1. The lowest BCUT2D eigenvalue weighted by Crippen LogP contribution is -2.04. The van der Waals surface area contributed by atoms with E-state index >= 15 is 0 Å². The first-order valence-electron chi connectivity index (χ1n) is 4.12. The third-order valence-electron chi connectivity index (χ3n) is 1.72. The van der Waals surface area contributed by atoms with Crippen molar-refractivity contribution >= 4 is 28.4 Å². The van der Waals surface area contributed by atoms with Crippen LogP contribution in [0.1, 0.15) is 17.3 Å². The number of thioether (sulfide) groups is 1. The molecule has 1 aromatic carbocycles. The summed E-state index contributed by atoms with van der Waals surface area (Å²) in [4.78, 5) is 15.1. The summed E-state index contributed by atoms with van der Waals surface area (Å²) < 4.78 is 0. The average molecular weight is 208 g/mol. The summed E-state index contributed by atoms with van der Waals surface area (Å²) in [7, 11) is 0. The van der Waals surface area contributed by atoms with E-state index in [9.17, 15) is 4.79 Å². The summed E-state index contributed by atoms with van der Waals surface area (Å²) in [5.74, 6) is 0.0540. The van der Waals surface area contributed by atoms with E-state index in [1.807, 2.05) is 6.26 Å². The molecular formula is C10H12N2OS. The van der Waals surface area contributed by atoms with Gasteiger partial charge in [0.05, 0.1) is 5.69 Å². The SMILES string of the molecule is CSC(N)=Nc1ccc(C(C)=O)cc1. The van der Waals surface area contributed by atoms with Crippen molar-refractivity contribution in [3.8, 4) is 0 Å². The predicted octanol–water partition coefficient (Wildman–Crippen LogP) is 2.20. The number of nitrogens with zero attached hydrogens (tertiary/aromatic N) is 1. The molecule has 0 aliphatic rings. The van der Waals surface area contributed by atoms with Crippen molar-refractivity contribution in [1.82, 2.24) is 0 Å². The number of carbonyl (C=O) groups excluding carboxylic acids is 1. The number of hydrogen-bond acceptors (Lipinski definition) is 3. The molecule has 0 bridgehead atoms. The first-order valence-corrected chi connectivity index (χ1v) is 5.35. The molecule has 14 heavy (non-hydrogen) atoms. The fourth-order valence-electron chi connectivity index (χ4n) is 0.944. The van der Waals surface area contributed by atoms with Crippen LogP contribution in [-0.4, -0.2) is 17.2 Å². The number of amidine groups is 1. The van der Waals surface area contributed by atoms with Crippen LogP contribution in [0, 0.1) is 0 Å². The zero-order valence-electron chi connectivity index (χ0n) is 8.15. The van der Waals surface area contributed by atoms with Gasteiger partial charge < -0.3 is 5.73 Å². The minimum Gasteiger partial charge on any atom is -0.378 e. The van der Waals surface area contributed by atoms with Crippen LogP contribution in [0.25, 0.3) is 0 Å². The minimum absolute atomic E-state index is 0.0540. The maximum absolute atomic E-state index is 11.0. The molecule has 0 amide bonds. The molecule has 1 aromatic rings. The Labute approximate surface area is 87.4 Å². The first kappa shape index (κ1) is 10.8. The molecule has 1 rings (SSSR count). The normalized spacial score (nSPS) is 11.4. The smallest absolute Gasteiger partial charge is 0.159 e. The van der Waals surface area contributed by atoms with E-state index in [2.05, 4.69) is 4.99 Å².